The molecule has 1 unspecified atom stereocenters. The third-order valence-corrected chi connectivity index (χ3v) is 4.70. The monoisotopic (exact) mass is 216 g/mol. The van der Waals surface area contributed by atoms with Crippen molar-refractivity contribution in [1.29, 1.82) is 5.26 Å². The molecule has 1 aliphatic rings. The molecule has 6 heteroatoms. The minimum absolute atomic E-state index is 0.0406. The third kappa shape index (κ3) is 1.20. The van der Waals surface area contributed by atoms with E-state index in [1.165, 1.54) is 13.8 Å². The van der Waals surface area contributed by atoms with Gasteiger partial charge in [0.1, 0.15) is 0 Å². The first kappa shape index (κ1) is 11.0. The second-order valence-corrected chi connectivity index (χ2v) is 6.29. The summed E-state index contributed by atoms with van der Waals surface area (Å²) in [4.78, 5) is 11.4. The molecular formula is C8H12N2O3S. The maximum absolute atomic E-state index is 11.5. The minimum Gasteiger partial charge on any atom is -0.272 e. The van der Waals surface area contributed by atoms with Gasteiger partial charge in [0.05, 0.1) is 18.5 Å². The van der Waals surface area contributed by atoms with Crippen molar-refractivity contribution in [2.45, 2.75) is 25.5 Å². The number of hydrogen-bond acceptors (Lipinski definition) is 4. The van der Waals surface area contributed by atoms with Crippen LogP contribution in [-0.4, -0.2) is 29.9 Å². The summed E-state index contributed by atoms with van der Waals surface area (Å²) in [5.41, 5.74) is 0. The number of hydrogen-bond donors (Lipinski definition) is 0. The summed E-state index contributed by atoms with van der Waals surface area (Å²) < 4.78 is 22.5. The van der Waals surface area contributed by atoms with Crippen LogP contribution >= 0.6 is 0 Å². The normalized spacial score (nSPS) is 25.0. The molecule has 0 aromatic rings. The van der Waals surface area contributed by atoms with Crippen LogP contribution in [0.2, 0.25) is 0 Å². The van der Waals surface area contributed by atoms with E-state index in [-0.39, 0.29) is 6.54 Å². The van der Waals surface area contributed by atoms with Crippen LogP contribution in [0, 0.1) is 17.2 Å². The van der Waals surface area contributed by atoms with Crippen LogP contribution in [0.1, 0.15) is 20.8 Å². The lowest BCUT2D eigenvalue weighted by Crippen LogP contribution is -2.67. The first-order chi connectivity index (χ1) is 6.25. The van der Waals surface area contributed by atoms with Crippen molar-refractivity contribution in [1.82, 2.24) is 4.31 Å². The molecule has 5 nitrogen and oxygen atoms in total. The number of sulfonamides is 1. The Balaban J connectivity index is 2.89. The van der Waals surface area contributed by atoms with Crippen LogP contribution in [0.3, 0.4) is 0 Å². The van der Waals surface area contributed by atoms with E-state index in [9.17, 15) is 13.2 Å². The van der Waals surface area contributed by atoms with Gasteiger partial charge in [-0.25, -0.2) is 12.7 Å². The number of amides is 1. The van der Waals surface area contributed by atoms with Gasteiger partial charge in [0, 0.05) is 0 Å². The molecule has 0 aromatic carbocycles. The van der Waals surface area contributed by atoms with Crippen LogP contribution in [0.25, 0.3) is 0 Å². The Morgan fingerprint density at radius 1 is 1.57 bits per heavy atom. The van der Waals surface area contributed by atoms with Gasteiger partial charge in [0.25, 0.3) is 15.9 Å². The third-order valence-electron chi connectivity index (χ3n) is 2.34. The molecule has 78 valence electrons. The van der Waals surface area contributed by atoms with Gasteiger partial charge in [-0.1, -0.05) is 0 Å². The highest BCUT2D eigenvalue weighted by Gasteiger charge is 2.60. The molecule has 0 bridgehead atoms. The number of carbonyl (C=O) groups excluding carboxylic acids is 1. The summed E-state index contributed by atoms with van der Waals surface area (Å²) >= 11 is 0. The Bertz CT molecular complexity index is 405. The molecule has 1 aliphatic heterocycles. The maximum atomic E-state index is 11.5. The number of nitriles is 1. The summed E-state index contributed by atoms with van der Waals surface area (Å²) in [6.45, 7) is 4.28. The molecule has 1 saturated heterocycles. The highest BCUT2D eigenvalue weighted by atomic mass is 32.2. The molecule has 1 heterocycles. The average Bonchev–Trinajstić information content (AvgIpc) is 2.12. The Kier molecular flexibility index (Phi) is 2.32. The zero-order valence-corrected chi connectivity index (χ0v) is 9.13. The van der Waals surface area contributed by atoms with E-state index in [1.54, 1.807) is 6.92 Å². The van der Waals surface area contributed by atoms with Crippen molar-refractivity contribution in [3.05, 3.63) is 0 Å². The molecule has 0 spiro atoms. The number of rotatable bonds is 2. The SMILES string of the molecule is CC(C#N)CN1C(=O)C(C)(C)S1(=O)=O. The Morgan fingerprint density at radius 3 is 2.43 bits per heavy atom. The van der Waals surface area contributed by atoms with Gasteiger partial charge >= 0.3 is 0 Å². The van der Waals surface area contributed by atoms with Gasteiger partial charge < -0.3 is 0 Å². The van der Waals surface area contributed by atoms with E-state index in [0.717, 1.165) is 4.31 Å². The van der Waals surface area contributed by atoms with Crippen molar-refractivity contribution < 1.29 is 13.2 Å². The summed E-state index contributed by atoms with van der Waals surface area (Å²) in [6.07, 6.45) is 0. The van der Waals surface area contributed by atoms with Crippen molar-refractivity contribution in [2.75, 3.05) is 6.54 Å². The Morgan fingerprint density at radius 2 is 2.07 bits per heavy atom. The largest absolute Gasteiger partial charge is 0.272 e. The van der Waals surface area contributed by atoms with Crippen LogP contribution in [0.4, 0.5) is 0 Å². The molecule has 1 atom stereocenters. The average molecular weight is 216 g/mol. The molecule has 0 radical (unpaired) electrons. The molecule has 1 fully saturated rings. The Hall–Kier alpha value is -1.09. The summed E-state index contributed by atoms with van der Waals surface area (Å²) in [6, 6.07) is 1.89. The quantitative estimate of drug-likeness (QED) is 0.655. The van der Waals surface area contributed by atoms with Crippen molar-refractivity contribution in [3.8, 4) is 6.07 Å². The second kappa shape index (κ2) is 2.95. The molecular weight excluding hydrogens is 204 g/mol. The molecule has 1 rings (SSSR count). The predicted molar refractivity (Wildman–Crippen MR) is 49.5 cm³/mol. The Labute approximate surface area is 83.4 Å². The summed E-state index contributed by atoms with van der Waals surface area (Å²) in [5.74, 6) is -0.899. The fourth-order valence-electron chi connectivity index (χ4n) is 1.23. The molecule has 0 saturated carbocycles. The van der Waals surface area contributed by atoms with Gasteiger partial charge in [-0.3, -0.25) is 4.79 Å². The molecule has 1 amide bonds. The van der Waals surface area contributed by atoms with Crippen LogP contribution in [0.5, 0.6) is 0 Å². The molecule has 0 aliphatic carbocycles. The van der Waals surface area contributed by atoms with Gasteiger partial charge in [0.2, 0.25) is 0 Å². The maximum Gasteiger partial charge on any atom is 0.258 e. The highest BCUT2D eigenvalue weighted by Crippen LogP contribution is 2.35. The molecule has 14 heavy (non-hydrogen) atoms. The minimum atomic E-state index is -3.52. The fraction of sp³-hybridized carbons (Fsp3) is 0.750. The fourth-order valence-corrected chi connectivity index (χ4v) is 2.84. The summed E-state index contributed by atoms with van der Waals surface area (Å²) in [7, 11) is -3.52. The van der Waals surface area contributed by atoms with E-state index in [0.29, 0.717) is 0 Å². The zero-order valence-electron chi connectivity index (χ0n) is 8.31. The number of nitrogens with zero attached hydrogens (tertiary/aromatic N) is 2. The van der Waals surface area contributed by atoms with Gasteiger partial charge in [-0.15, -0.1) is 0 Å². The van der Waals surface area contributed by atoms with Crippen LogP contribution < -0.4 is 0 Å². The van der Waals surface area contributed by atoms with Gasteiger partial charge in [-0.2, -0.15) is 5.26 Å². The molecule has 0 N–H and O–H groups in total. The first-order valence-corrected chi connectivity index (χ1v) is 5.65. The summed E-state index contributed by atoms with van der Waals surface area (Å²) in [5, 5.41) is 8.51. The lowest BCUT2D eigenvalue weighted by molar-refractivity contribution is -0.132. The zero-order chi connectivity index (χ0) is 11.1. The standard InChI is InChI=1S/C8H12N2O3S/c1-6(4-9)5-10-7(11)8(2,3)14(10,12)13/h6H,5H2,1-3H3. The number of carbonyl (C=O) groups is 1. The van der Waals surface area contributed by atoms with Crippen molar-refractivity contribution in [3.63, 3.8) is 0 Å². The van der Waals surface area contributed by atoms with E-state index >= 15 is 0 Å². The highest BCUT2D eigenvalue weighted by molar-refractivity contribution is 7.94. The van der Waals surface area contributed by atoms with Crippen LogP contribution in [0.15, 0.2) is 0 Å². The topological polar surface area (TPSA) is 78.2 Å². The van der Waals surface area contributed by atoms with Gasteiger partial charge in [-0.05, 0) is 20.8 Å². The van der Waals surface area contributed by atoms with E-state index in [4.69, 9.17) is 5.26 Å². The van der Waals surface area contributed by atoms with E-state index in [2.05, 4.69) is 0 Å². The van der Waals surface area contributed by atoms with Crippen molar-refractivity contribution >= 4 is 15.9 Å². The lowest BCUT2D eigenvalue weighted by Gasteiger charge is -2.43. The van der Waals surface area contributed by atoms with Crippen molar-refractivity contribution in [2.24, 2.45) is 5.92 Å². The smallest absolute Gasteiger partial charge is 0.258 e. The van der Waals surface area contributed by atoms with Crippen LogP contribution in [-0.2, 0) is 14.8 Å². The molecule has 0 aromatic heterocycles. The van der Waals surface area contributed by atoms with Gasteiger partial charge in [0.15, 0.2) is 4.75 Å². The predicted octanol–water partition coefficient (Wildman–Crippen LogP) is 0.0967. The first-order valence-electron chi connectivity index (χ1n) is 4.21. The van der Waals surface area contributed by atoms with E-state index in [1.807, 2.05) is 6.07 Å². The lowest BCUT2D eigenvalue weighted by atomic mass is 10.1. The second-order valence-electron chi connectivity index (χ2n) is 3.88. The van der Waals surface area contributed by atoms with E-state index < -0.39 is 26.6 Å².